The van der Waals surface area contributed by atoms with Gasteiger partial charge < -0.3 is 29.7 Å². The Hall–Kier alpha value is -2.23. The Morgan fingerprint density at radius 2 is 1.68 bits per heavy atom. The topological polar surface area (TPSA) is 85.4 Å². The van der Waals surface area contributed by atoms with Crippen LogP contribution in [-0.4, -0.2) is 108 Å². The maximum Gasteiger partial charge on any atom is 0.410 e. The summed E-state index contributed by atoms with van der Waals surface area (Å²) < 4.78 is 5.16. The van der Waals surface area contributed by atoms with Gasteiger partial charge >= 0.3 is 12.1 Å². The minimum Gasteiger partial charge on any atom is -0.448 e. The summed E-state index contributed by atoms with van der Waals surface area (Å²) in [4.78, 5) is 47.5. The van der Waals surface area contributed by atoms with E-state index in [0.29, 0.717) is 37.7 Å². The molecule has 44 heavy (non-hydrogen) atoms. The first-order valence-corrected chi connectivity index (χ1v) is 16.8. The summed E-state index contributed by atoms with van der Waals surface area (Å²) in [5.41, 5.74) is 1.08. The van der Waals surface area contributed by atoms with E-state index in [-0.39, 0.29) is 66.6 Å². The van der Waals surface area contributed by atoms with Gasteiger partial charge in [0.25, 0.3) is 0 Å². The van der Waals surface area contributed by atoms with Gasteiger partial charge in [-0.15, -0.1) is 12.4 Å². The van der Waals surface area contributed by atoms with Gasteiger partial charge in [0.1, 0.15) is 6.61 Å². The van der Waals surface area contributed by atoms with E-state index < -0.39 is 0 Å². The molecule has 246 valence electrons. The van der Waals surface area contributed by atoms with Crippen LogP contribution in [0.4, 0.5) is 9.59 Å². The van der Waals surface area contributed by atoms with Crippen LogP contribution >= 0.6 is 24.0 Å². The summed E-state index contributed by atoms with van der Waals surface area (Å²) in [5.74, 6) is 0.323. The molecule has 9 nitrogen and oxygen atoms in total. The predicted molar refractivity (Wildman–Crippen MR) is 175 cm³/mol. The summed E-state index contributed by atoms with van der Waals surface area (Å²) in [7, 11) is 3.69. The Morgan fingerprint density at radius 1 is 1.00 bits per heavy atom. The third-order valence-corrected chi connectivity index (χ3v) is 10.4. The minimum absolute atomic E-state index is 0. The molecule has 1 aromatic rings. The number of amides is 4. The van der Waals surface area contributed by atoms with Crippen molar-refractivity contribution in [1.82, 2.24) is 24.9 Å². The van der Waals surface area contributed by atoms with Crippen LogP contribution in [0.15, 0.2) is 24.3 Å². The fourth-order valence-electron chi connectivity index (χ4n) is 7.78. The Kier molecular flexibility index (Phi) is 12.5. The van der Waals surface area contributed by atoms with Crippen LogP contribution in [0.2, 0.25) is 5.02 Å². The van der Waals surface area contributed by atoms with Crippen molar-refractivity contribution in [3.8, 4) is 0 Å². The van der Waals surface area contributed by atoms with Crippen molar-refractivity contribution in [3.05, 3.63) is 34.9 Å². The largest absolute Gasteiger partial charge is 0.448 e. The molecule has 2 saturated heterocycles. The Balaban J connectivity index is 0.00000442. The molecular formula is C33H51Cl2N5O4. The van der Waals surface area contributed by atoms with Crippen LogP contribution < -0.4 is 5.32 Å². The van der Waals surface area contributed by atoms with Gasteiger partial charge in [-0.05, 0) is 75.0 Å². The summed E-state index contributed by atoms with van der Waals surface area (Å²) in [6.45, 7) is 4.66. The van der Waals surface area contributed by atoms with Gasteiger partial charge in [-0.1, -0.05) is 49.9 Å². The molecule has 0 aromatic heterocycles. The van der Waals surface area contributed by atoms with E-state index >= 15 is 0 Å². The predicted octanol–water partition coefficient (Wildman–Crippen LogP) is 5.58. The molecule has 5 rings (SSSR count). The number of benzene rings is 1. The number of carbonyl (C=O) groups excluding carboxylic acids is 3. The van der Waals surface area contributed by atoms with E-state index in [1.165, 1.54) is 19.3 Å². The number of urea groups is 1. The fourth-order valence-corrected chi connectivity index (χ4v) is 7.90. The van der Waals surface area contributed by atoms with Gasteiger partial charge in [0.2, 0.25) is 5.91 Å². The lowest BCUT2D eigenvalue weighted by atomic mass is 9.87. The maximum absolute atomic E-state index is 14.2. The normalized spacial score (nSPS) is 26.9. The maximum atomic E-state index is 14.2. The van der Waals surface area contributed by atoms with Crippen molar-refractivity contribution in [2.45, 2.75) is 108 Å². The molecule has 4 amide bonds. The molecule has 4 aliphatic rings. The van der Waals surface area contributed by atoms with Gasteiger partial charge in [-0.25, -0.2) is 9.59 Å². The van der Waals surface area contributed by atoms with E-state index in [0.717, 1.165) is 50.5 Å². The fraction of sp³-hybridized carbons (Fsp3) is 0.727. The van der Waals surface area contributed by atoms with Crippen LogP contribution in [0.25, 0.3) is 0 Å². The lowest BCUT2D eigenvalue weighted by molar-refractivity contribution is -0.136. The van der Waals surface area contributed by atoms with Gasteiger partial charge in [0.05, 0.1) is 12.6 Å². The zero-order valence-electron chi connectivity index (χ0n) is 26.6. The zero-order chi connectivity index (χ0) is 30.5. The quantitative estimate of drug-likeness (QED) is 0.397. The van der Waals surface area contributed by atoms with Crippen LogP contribution in [-0.2, 0) is 16.0 Å². The van der Waals surface area contributed by atoms with Crippen molar-refractivity contribution >= 4 is 42.0 Å². The number of nitrogens with zero attached hydrogens (tertiary/aromatic N) is 4. The highest BCUT2D eigenvalue weighted by Crippen LogP contribution is 2.32. The third-order valence-electron chi connectivity index (χ3n) is 10.1. The van der Waals surface area contributed by atoms with Crippen LogP contribution in [0.1, 0.15) is 76.7 Å². The Bertz CT molecular complexity index is 1110. The number of ether oxygens (including phenoxy) is 1. The van der Waals surface area contributed by atoms with E-state index in [2.05, 4.69) is 17.1 Å². The average Bonchev–Trinajstić information content (AvgIpc) is 3.45. The van der Waals surface area contributed by atoms with E-state index in [1.54, 1.807) is 4.90 Å². The molecule has 3 atom stereocenters. The van der Waals surface area contributed by atoms with Gasteiger partial charge in [-0.2, -0.15) is 0 Å². The first-order valence-electron chi connectivity index (χ1n) is 16.4. The number of rotatable bonds is 8. The number of likely N-dealkylation sites (tertiary alicyclic amines) is 1. The van der Waals surface area contributed by atoms with Crippen molar-refractivity contribution in [3.63, 3.8) is 0 Å². The molecule has 4 fully saturated rings. The van der Waals surface area contributed by atoms with Gasteiger partial charge in [0, 0.05) is 56.4 Å². The summed E-state index contributed by atoms with van der Waals surface area (Å²) in [5, 5.41) is 4.43. The Morgan fingerprint density at radius 3 is 2.27 bits per heavy atom. The number of carbonyl (C=O) groups is 3. The van der Waals surface area contributed by atoms with Crippen molar-refractivity contribution in [2.24, 2.45) is 5.92 Å². The average molecular weight is 653 g/mol. The molecule has 2 aliphatic carbocycles. The molecular weight excluding hydrogens is 601 g/mol. The summed E-state index contributed by atoms with van der Waals surface area (Å²) in [6.07, 6.45) is 10.6. The van der Waals surface area contributed by atoms with Gasteiger partial charge in [0.15, 0.2) is 0 Å². The van der Waals surface area contributed by atoms with Crippen LogP contribution in [0, 0.1) is 5.92 Å². The van der Waals surface area contributed by atoms with E-state index in [4.69, 9.17) is 16.3 Å². The lowest BCUT2D eigenvalue weighted by Crippen LogP contribution is -2.60. The van der Waals surface area contributed by atoms with Gasteiger partial charge in [-0.3, -0.25) is 4.79 Å². The number of halogens is 2. The molecule has 0 bridgehead atoms. The van der Waals surface area contributed by atoms with Crippen molar-refractivity contribution < 1.29 is 19.1 Å². The van der Waals surface area contributed by atoms with Crippen molar-refractivity contribution in [2.75, 3.05) is 40.3 Å². The second kappa shape index (κ2) is 15.9. The molecule has 0 radical (unpaired) electrons. The highest BCUT2D eigenvalue weighted by Gasteiger charge is 2.41. The Labute approximate surface area is 274 Å². The summed E-state index contributed by atoms with van der Waals surface area (Å²) >= 11 is 6.16. The molecule has 2 heterocycles. The van der Waals surface area contributed by atoms with E-state index in [9.17, 15) is 14.4 Å². The molecule has 0 spiro atoms. The molecule has 1 aromatic carbocycles. The number of nitrogens with one attached hydrogen (secondary N) is 1. The monoisotopic (exact) mass is 651 g/mol. The highest BCUT2D eigenvalue weighted by atomic mass is 35.5. The summed E-state index contributed by atoms with van der Waals surface area (Å²) in [6, 6.07) is 8.38. The number of hydrogen-bond donors (Lipinski definition) is 1. The molecule has 2 aliphatic heterocycles. The molecule has 11 heteroatoms. The first kappa shape index (κ1) is 34.6. The lowest BCUT2D eigenvalue weighted by Gasteiger charge is -2.48. The highest BCUT2D eigenvalue weighted by molar-refractivity contribution is 6.30. The SMILES string of the molecule is CC1CN(C(=O)[C@@H](Cc2ccc(Cl)cc2)NC2CCC(N3CCOC3=O)CC2)CCC1N(C(=O)N(C)C)C1CCCCC1.Cl. The molecule has 2 saturated carbocycles. The third kappa shape index (κ3) is 8.32. The molecule has 1 N–H and O–H groups in total. The standard InChI is InChI=1S/C33H50ClN5O4.ClH/c1-23-22-37(18-17-30(23)39(32(41)36(2)3)28-7-5-4-6-8-28)31(40)29(21-24-9-11-25(34)12-10-24)35-26-13-15-27(16-14-26)38-19-20-43-33(38)42;/h9-12,23,26-30,35H,4-8,13-22H2,1-3H3;1H/t23?,26?,27?,29-,30?;/m1./s1. The number of cyclic esters (lactones) is 1. The molecule has 2 unspecified atom stereocenters. The number of hydrogen-bond acceptors (Lipinski definition) is 5. The van der Waals surface area contributed by atoms with E-state index in [1.807, 2.05) is 48.2 Å². The first-order chi connectivity index (χ1) is 20.7. The second-order valence-electron chi connectivity index (χ2n) is 13.4. The number of piperidine rings is 1. The zero-order valence-corrected chi connectivity index (χ0v) is 28.2. The smallest absolute Gasteiger partial charge is 0.410 e. The van der Waals surface area contributed by atoms with Crippen LogP contribution in [0.5, 0.6) is 0 Å². The minimum atomic E-state index is -0.346. The van der Waals surface area contributed by atoms with Crippen LogP contribution in [0.3, 0.4) is 0 Å². The second-order valence-corrected chi connectivity index (χ2v) is 13.8. The van der Waals surface area contributed by atoms with Crippen molar-refractivity contribution in [1.29, 1.82) is 0 Å².